The van der Waals surface area contributed by atoms with E-state index in [0.29, 0.717) is 0 Å². The van der Waals surface area contributed by atoms with Crippen LogP contribution < -0.4 is 0 Å². The molecule has 0 aromatic heterocycles. The van der Waals surface area contributed by atoms with E-state index in [1.165, 1.54) is 0 Å². The summed E-state index contributed by atoms with van der Waals surface area (Å²) in [5, 5.41) is 0. The van der Waals surface area contributed by atoms with Crippen LogP contribution in [0.2, 0.25) is 0 Å². The maximum Gasteiger partial charge on any atom is 0.0184 e. The van der Waals surface area contributed by atoms with Crippen molar-refractivity contribution in [3.63, 3.8) is 0 Å². The Hall–Kier alpha value is -0.380. The first-order chi connectivity index (χ1) is 4.95. The highest BCUT2D eigenvalue weighted by Crippen LogP contribution is 2.19. The van der Waals surface area contributed by atoms with Crippen molar-refractivity contribution in [2.75, 3.05) is 13.6 Å². The molecule has 0 heterocycles. The van der Waals surface area contributed by atoms with Gasteiger partial charge < -0.3 is 0 Å². The normalized spacial score (nSPS) is 11.4. The summed E-state index contributed by atoms with van der Waals surface area (Å²) in [6, 6.07) is 0. The molecule has 0 rings (SSSR count). The van der Waals surface area contributed by atoms with E-state index in [2.05, 4.69) is 30.2 Å². The van der Waals surface area contributed by atoms with Crippen molar-refractivity contribution in [2.45, 2.75) is 20.8 Å². The second-order valence-corrected chi connectivity index (χ2v) is 4.55. The fraction of sp³-hybridized carbons (Fsp3) is 1.00. The molecule has 0 fully saturated rings. The van der Waals surface area contributed by atoms with Gasteiger partial charge in [0.05, 0.1) is 0 Å². The maximum atomic E-state index is 8.02. The summed E-state index contributed by atoms with van der Waals surface area (Å²) >= 11 is 1.14. The number of nitrogens with zero attached hydrogens (tertiary/aromatic N) is 4. The number of hydrogen-bond donors (Lipinski definition) is 0. The highest BCUT2D eigenvalue weighted by atomic mass is 32.2. The Morgan fingerprint density at radius 1 is 1.55 bits per heavy atom. The van der Waals surface area contributed by atoms with E-state index in [1.54, 1.807) is 0 Å². The van der Waals surface area contributed by atoms with E-state index in [4.69, 9.17) is 5.53 Å². The summed E-state index contributed by atoms with van der Waals surface area (Å²) in [6.45, 7) is 7.32. The largest absolute Gasteiger partial charge is 0.247 e. The van der Waals surface area contributed by atoms with Gasteiger partial charge in [-0.05, 0) is 22.5 Å². The molecule has 5 heteroatoms. The van der Waals surface area contributed by atoms with Crippen LogP contribution in [-0.2, 0) is 0 Å². The van der Waals surface area contributed by atoms with Gasteiger partial charge in [0.2, 0.25) is 0 Å². The van der Waals surface area contributed by atoms with Crippen molar-refractivity contribution in [2.24, 2.45) is 9.93 Å². The zero-order valence-corrected chi connectivity index (χ0v) is 8.22. The van der Waals surface area contributed by atoms with Gasteiger partial charge in [0.1, 0.15) is 0 Å². The van der Waals surface area contributed by atoms with Gasteiger partial charge in [0, 0.05) is 23.6 Å². The molecule has 0 unspecified atom stereocenters. The molecule has 0 bridgehead atoms. The summed E-state index contributed by atoms with van der Waals surface area (Å²) in [4.78, 5) is 2.65. The summed E-state index contributed by atoms with van der Waals surface area (Å²) < 4.78 is 5.30. The van der Waals surface area contributed by atoms with E-state index in [-0.39, 0.29) is 5.41 Å². The number of rotatable bonds is 3. The minimum Gasteiger partial charge on any atom is -0.247 e. The minimum absolute atomic E-state index is 0.243. The highest BCUT2D eigenvalue weighted by molar-refractivity contribution is 7.95. The van der Waals surface area contributed by atoms with Gasteiger partial charge >= 0.3 is 0 Å². The third-order valence-electron chi connectivity index (χ3n) is 0.909. The molecule has 0 aliphatic carbocycles. The summed E-state index contributed by atoms with van der Waals surface area (Å²) in [6.07, 6.45) is 0. The highest BCUT2D eigenvalue weighted by Gasteiger charge is 2.12. The van der Waals surface area contributed by atoms with E-state index >= 15 is 0 Å². The van der Waals surface area contributed by atoms with Gasteiger partial charge in [0.25, 0.3) is 0 Å². The predicted octanol–water partition coefficient (Wildman–Crippen LogP) is 2.84. The maximum absolute atomic E-state index is 8.02. The Morgan fingerprint density at radius 3 is 2.45 bits per heavy atom. The third kappa shape index (κ3) is 7.52. The van der Waals surface area contributed by atoms with Crippen LogP contribution in [0.15, 0.2) is 4.52 Å². The summed E-state index contributed by atoms with van der Waals surface area (Å²) in [7, 11) is 1.91. The molecule has 64 valence electrons. The molecular weight excluding hydrogens is 160 g/mol. The van der Waals surface area contributed by atoms with Gasteiger partial charge in [0.15, 0.2) is 0 Å². The van der Waals surface area contributed by atoms with Crippen molar-refractivity contribution < 1.29 is 0 Å². The first-order valence-corrected chi connectivity index (χ1v) is 4.11. The minimum atomic E-state index is 0.243. The van der Waals surface area contributed by atoms with E-state index in [0.717, 1.165) is 18.7 Å². The lowest BCUT2D eigenvalue weighted by Gasteiger charge is -2.23. The van der Waals surface area contributed by atoms with Crippen molar-refractivity contribution >= 4 is 12.1 Å². The van der Waals surface area contributed by atoms with Crippen LogP contribution >= 0.6 is 12.1 Å². The molecule has 0 spiro atoms. The molecule has 0 amide bonds. The van der Waals surface area contributed by atoms with Crippen LogP contribution in [0.1, 0.15) is 20.8 Å². The van der Waals surface area contributed by atoms with Crippen molar-refractivity contribution in [3.05, 3.63) is 10.4 Å². The van der Waals surface area contributed by atoms with Crippen molar-refractivity contribution in [1.82, 2.24) is 4.31 Å². The van der Waals surface area contributed by atoms with Crippen LogP contribution in [-0.4, -0.2) is 17.9 Å². The number of hydrogen-bond acceptors (Lipinski definition) is 3. The Morgan fingerprint density at radius 2 is 2.09 bits per heavy atom. The fourth-order valence-electron chi connectivity index (χ4n) is 0.776. The average molecular weight is 174 g/mol. The molecular formula is C6H14N4S. The second kappa shape index (κ2) is 4.49. The smallest absolute Gasteiger partial charge is 0.0184 e. The zero-order valence-electron chi connectivity index (χ0n) is 7.40. The molecule has 0 aliphatic rings. The van der Waals surface area contributed by atoms with E-state index in [9.17, 15) is 0 Å². The molecule has 0 aromatic rings. The fourth-order valence-corrected chi connectivity index (χ4v) is 1.38. The first kappa shape index (κ1) is 10.6. The van der Waals surface area contributed by atoms with Gasteiger partial charge in [-0.15, -0.1) is 0 Å². The van der Waals surface area contributed by atoms with Crippen LogP contribution in [0, 0.1) is 5.41 Å². The van der Waals surface area contributed by atoms with Crippen LogP contribution in [0.3, 0.4) is 0 Å². The second-order valence-electron chi connectivity index (χ2n) is 3.60. The molecule has 11 heavy (non-hydrogen) atoms. The lowest BCUT2D eigenvalue weighted by atomic mass is 9.97. The standard InChI is InChI=1S/C6H14N4S/c1-6(2,3)5-10(4)11-9-8-7/h5H2,1-4H3. The Bertz CT molecular complexity index is 156. The molecule has 0 saturated heterocycles. The molecule has 0 N–H and O–H groups in total. The SMILES string of the molecule is CN(CC(C)(C)C)SN=[N+]=[N-]. The van der Waals surface area contributed by atoms with E-state index < -0.39 is 0 Å². The monoisotopic (exact) mass is 174 g/mol. The topological polar surface area (TPSA) is 52.0 Å². The van der Waals surface area contributed by atoms with Crippen molar-refractivity contribution in [1.29, 1.82) is 0 Å². The van der Waals surface area contributed by atoms with Crippen LogP contribution in [0.5, 0.6) is 0 Å². The lowest BCUT2D eigenvalue weighted by Crippen LogP contribution is -2.23. The van der Waals surface area contributed by atoms with Crippen LogP contribution in [0.4, 0.5) is 0 Å². The zero-order chi connectivity index (χ0) is 8.91. The Balaban J connectivity index is 3.69. The quantitative estimate of drug-likeness (QED) is 0.286. The van der Waals surface area contributed by atoms with Crippen LogP contribution in [0.25, 0.3) is 10.4 Å². The van der Waals surface area contributed by atoms with Gasteiger partial charge in [-0.25, -0.2) is 4.31 Å². The molecule has 0 radical (unpaired) electrons. The summed E-state index contributed by atoms with van der Waals surface area (Å²) in [5.74, 6) is 0. The van der Waals surface area contributed by atoms with Gasteiger partial charge in [-0.1, -0.05) is 20.8 Å². The Kier molecular flexibility index (Phi) is 4.33. The molecule has 4 nitrogen and oxygen atoms in total. The molecule has 0 aliphatic heterocycles. The predicted molar refractivity (Wildman–Crippen MR) is 48.8 cm³/mol. The average Bonchev–Trinajstić information content (AvgIpc) is 1.79. The van der Waals surface area contributed by atoms with Gasteiger partial charge in [-0.3, -0.25) is 0 Å². The van der Waals surface area contributed by atoms with Gasteiger partial charge in [-0.2, -0.15) is 0 Å². The lowest BCUT2D eigenvalue weighted by molar-refractivity contribution is 0.328. The Labute approximate surface area is 71.9 Å². The molecule has 0 atom stereocenters. The van der Waals surface area contributed by atoms with Crippen molar-refractivity contribution in [3.8, 4) is 0 Å². The summed E-state index contributed by atoms with van der Waals surface area (Å²) in [5.41, 5.74) is 8.27. The molecule has 0 aromatic carbocycles. The third-order valence-corrected chi connectivity index (χ3v) is 1.46. The molecule has 0 saturated carbocycles. The number of azide groups is 1. The van der Waals surface area contributed by atoms with E-state index in [1.807, 2.05) is 11.4 Å². The first-order valence-electron chi connectivity index (χ1n) is 3.38.